The molecule has 1 aliphatic carbocycles. The SMILES string of the molecule is Cc1cc(N)cc(OCC2CCCC2)c1. The van der Waals surface area contributed by atoms with Crippen molar-refractivity contribution in [3.05, 3.63) is 23.8 Å². The lowest BCUT2D eigenvalue weighted by Gasteiger charge is -2.12. The van der Waals surface area contributed by atoms with Crippen molar-refractivity contribution in [2.75, 3.05) is 12.3 Å². The number of ether oxygens (including phenoxy) is 1. The smallest absolute Gasteiger partial charge is 0.121 e. The monoisotopic (exact) mass is 205 g/mol. The first-order valence-electron chi connectivity index (χ1n) is 5.74. The minimum absolute atomic E-state index is 0.756. The molecule has 2 heteroatoms. The zero-order chi connectivity index (χ0) is 10.7. The number of benzene rings is 1. The molecule has 0 radical (unpaired) electrons. The van der Waals surface area contributed by atoms with Crippen molar-refractivity contribution >= 4 is 5.69 Å². The summed E-state index contributed by atoms with van der Waals surface area (Å²) in [6.45, 7) is 2.89. The molecule has 1 aromatic rings. The Balaban J connectivity index is 1.92. The number of hydrogen-bond acceptors (Lipinski definition) is 2. The molecule has 0 heterocycles. The molecule has 0 atom stereocenters. The number of hydrogen-bond donors (Lipinski definition) is 1. The molecule has 15 heavy (non-hydrogen) atoms. The van der Waals surface area contributed by atoms with E-state index in [0.29, 0.717) is 0 Å². The Morgan fingerprint density at radius 3 is 2.67 bits per heavy atom. The topological polar surface area (TPSA) is 35.2 Å². The maximum Gasteiger partial charge on any atom is 0.121 e. The average molecular weight is 205 g/mol. The Morgan fingerprint density at radius 2 is 2.00 bits per heavy atom. The Hall–Kier alpha value is -1.18. The van der Waals surface area contributed by atoms with Gasteiger partial charge in [-0.3, -0.25) is 0 Å². The number of nitrogen functional groups attached to an aromatic ring is 1. The summed E-state index contributed by atoms with van der Waals surface area (Å²) >= 11 is 0. The van der Waals surface area contributed by atoms with Crippen molar-refractivity contribution in [3.8, 4) is 5.75 Å². The molecule has 1 aliphatic rings. The molecule has 0 bridgehead atoms. The van der Waals surface area contributed by atoms with Gasteiger partial charge in [-0.1, -0.05) is 12.8 Å². The van der Waals surface area contributed by atoms with Crippen LogP contribution in [0.1, 0.15) is 31.2 Å². The van der Waals surface area contributed by atoms with Crippen LogP contribution >= 0.6 is 0 Å². The molecule has 2 nitrogen and oxygen atoms in total. The van der Waals surface area contributed by atoms with Crippen LogP contribution in [0.15, 0.2) is 18.2 Å². The van der Waals surface area contributed by atoms with E-state index in [4.69, 9.17) is 10.5 Å². The molecule has 0 aliphatic heterocycles. The van der Waals surface area contributed by atoms with Crippen LogP contribution in [-0.4, -0.2) is 6.61 Å². The predicted molar refractivity (Wildman–Crippen MR) is 63.0 cm³/mol. The van der Waals surface area contributed by atoms with Crippen LogP contribution in [0, 0.1) is 12.8 Å². The molecule has 1 saturated carbocycles. The van der Waals surface area contributed by atoms with E-state index in [0.717, 1.165) is 29.5 Å². The molecule has 0 aromatic heterocycles. The van der Waals surface area contributed by atoms with Crippen molar-refractivity contribution in [1.29, 1.82) is 0 Å². The van der Waals surface area contributed by atoms with Gasteiger partial charge in [0, 0.05) is 11.8 Å². The lowest BCUT2D eigenvalue weighted by molar-refractivity contribution is 0.252. The molecule has 2 N–H and O–H groups in total. The van der Waals surface area contributed by atoms with E-state index in [1.54, 1.807) is 0 Å². The Bertz CT molecular complexity index is 309. The summed E-state index contributed by atoms with van der Waals surface area (Å²) in [7, 11) is 0. The Kier molecular flexibility index (Phi) is 3.14. The van der Waals surface area contributed by atoms with Crippen LogP contribution < -0.4 is 10.5 Å². The summed E-state index contributed by atoms with van der Waals surface area (Å²) in [6, 6.07) is 5.91. The van der Waals surface area contributed by atoms with E-state index in [-0.39, 0.29) is 0 Å². The molecule has 0 unspecified atom stereocenters. The normalized spacial score (nSPS) is 16.9. The molecule has 2 rings (SSSR count). The van der Waals surface area contributed by atoms with E-state index >= 15 is 0 Å². The van der Waals surface area contributed by atoms with Gasteiger partial charge in [0.05, 0.1) is 6.61 Å². The van der Waals surface area contributed by atoms with Gasteiger partial charge in [0.1, 0.15) is 5.75 Å². The van der Waals surface area contributed by atoms with Crippen LogP contribution in [0.4, 0.5) is 5.69 Å². The van der Waals surface area contributed by atoms with Gasteiger partial charge in [-0.25, -0.2) is 0 Å². The highest BCUT2D eigenvalue weighted by Gasteiger charge is 2.15. The van der Waals surface area contributed by atoms with Crippen molar-refractivity contribution in [3.63, 3.8) is 0 Å². The summed E-state index contributed by atoms with van der Waals surface area (Å²) in [6.07, 6.45) is 5.37. The third-order valence-corrected chi connectivity index (χ3v) is 3.03. The van der Waals surface area contributed by atoms with Crippen molar-refractivity contribution in [1.82, 2.24) is 0 Å². The maximum absolute atomic E-state index is 5.77. The minimum Gasteiger partial charge on any atom is -0.493 e. The number of nitrogens with two attached hydrogens (primary N) is 1. The second-order valence-corrected chi connectivity index (χ2v) is 4.54. The van der Waals surface area contributed by atoms with Gasteiger partial charge in [-0.2, -0.15) is 0 Å². The van der Waals surface area contributed by atoms with E-state index < -0.39 is 0 Å². The van der Waals surface area contributed by atoms with Crippen molar-refractivity contribution in [2.24, 2.45) is 5.92 Å². The van der Waals surface area contributed by atoms with Gasteiger partial charge in [0.15, 0.2) is 0 Å². The lowest BCUT2D eigenvalue weighted by atomic mass is 10.1. The number of aryl methyl sites for hydroxylation is 1. The Labute approximate surface area is 91.4 Å². The predicted octanol–water partition coefficient (Wildman–Crippen LogP) is 3.15. The molecular weight excluding hydrogens is 186 g/mol. The van der Waals surface area contributed by atoms with E-state index in [1.165, 1.54) is 25.7 Å². The quantitative estimate of drug-likeness (QED) is 0.769. The fraction of sp³-hybridized carbons (Fsp3) is 0.538. The average Bonchev–Trinajstić information content (AvgIpc) is 2.65. The summed E-state index contributed by atoms with van der Waals surface area (Å²) < 4.78 is 5.77. The first-order chi connectivity index (χ1) is 7.24. The highest BCUT2D eigenvalue weighted by Crippen LogP contribution is 2.26. The minimum atomic E-state index is 0.756. The largest absolute Gasteiger partial charge is 0.493 e. The zero-order valence-electron chi connectivity index (χ0n) is 9.33. The summed E-state index contributed by atoms with van der Waals surface area (Å²) in [5, 5.41) is 0. The standard InChI is InChI=1S/C13H19NO/c1-10-6-12(14)8-13(7-10)15-9-11-4-2-3-5-11/h6-8,11H,2-5,9,14H2,1H3. The molecule has 1 fully saturated rings. The molecule has 1 aromatic carbocycles. The van der Waals surface area contributed by atoms with Crippen molar-refractivity contribution in [2.45, 2.75) is 32.6 Å². The second-order valence-electron chi connectivity index (χ2n) is 4.54. The van der Waals surface area contributed by atoms with E-state index in [1.807, 2.05) is 25.1 Å². The van der Waals surface area contributed by atoms with Gasteiger partial charge in [0.25, 0.3) is 0 Å². The summed E-state index contributed by atoms with van der Waals surface area (Å²) in [4.78, 5) is 0. The molecule has 82 valence electrons. The molecule has 0 amide bonds. The van der Waals surface area contributed by atoms with Gasteiger partial charge in [-0.15, -0.1) is 0 Å². The van der Waals surface area contributed by atoms with Gasteiger partial charge >= 0.3 is 0 Å². The fourth-order valence-electron chi connectivity index (χ4n) is 2.25. The fourth-order valence-corrected chi connectivity index (χ4v) is 2.25. The van der Waals surface area contributed by atoms with Gasteiger partial charge in [0.2, 0.25) is 0 Å². The van der Waals surface area contributed by atoms with Crippen molar-refractivity contribution < 1.29 is 4.74 Å². The third-order valence-electron chi connectivity index (χ3n) is 3.03. The van der Waals surface area contributed by atoms with Crippen LogP contribution in [0.5, 0.6) is 5.75 Å². The molecule has 0 saturated heterocycles. The van der Waals surface area contributed by atoms with Crippen LogP contribution in [0.2, 0.25) is 0 Å². The van der Waals surface area contributed by atoms with Crippen LogP contribution in [0.25, 0.3) is 0 Å². The Morgan fingerprint density at radius 1 is 1.27 bits per heavy atom. The molecule has 0 spiro atoms. The lowest BCUT2D eigenvalue weighted by Crippen LogP contribution is -2.08. The third kappa shape index (κ3) is 2.88. The second kappa shape index (κ2) is 4.56. The highest BCUT2D eigenvalue weighted by atomic mass is 16.5. The highest BCUT2D eigenvalue weighted by molar-refractivity contribution is 5.47. The first kappa shape index (κ1) is 10.3. The van der Waals surface area contributed by atoms with Crippen LogP contribution in [0.3, 0.4) is 0 Å². The van der Waals surface area contributed by atoms with E-state index in [9.17, 15) is 0 Å². The maximum atomic E-state index is 5.77. The zero-order valence-corrected chi connectivity index (χ0v) is 9.33. The van der Waals surface area contributed by atoms with Gasteiger partial charge in [-0.05, 0) is 43.4 Å². The number of rotatable bonds is 3. The summed E-state index contributed by atoms with van der Waals surface area (Å²) in [5.41, 5.74) is 7.71. The molecular formula is C13H19NO. The van der Waals surface area contributed by atoms with E-state index in [2.05, 4.69) is 0 Å². The van der Waals surface area contributed by atoms with Crippen LogP contribution in [-0.2, 0) is 0 Å². The van der Waals surface area contributed by atoms with Gasteiger partial charge < -0.3 is 10.5 Å². The first-order valence-corrected chi connectivity index (χ1v) is 5.74. The summed E-state index contributed by atoms with van der Waals surface area (Å²) in [5.74, 6) is 1.67. The number of anilines is 1.